The first-order valence-electron chi connectivity index (χ1n) is 10.6. The van der Waals surface area contributed by atoms with Gasteiger partial charge in [-0.15, -0.1) is 0 Å². The fourth-order valence-corrected chi connectivity index (χ4v) is 3.45. The number of carbonyl (C=O) groups excluding carboxylic acids is 1. The predicted molar refractivity (Wildman–Crippen MR) is 130 cm³/mol. The Morgan fingerprint density at radius 2 is 1.77 bits per heavy atom. The number of aromatic nitrogens is 5. The van der Waals surface area contributed by atoms with Crippen molar-refractivity contribution in [2.45, 2.75) is 26.3 Å². The van der Waals surface area contributed by atoms with Gasteiger partial charge in [-0.3, -0.25) is 14.0 Å². The highest BCUT2D eigenvalue weighted by Gasteiger charge is 2.19. The number of rotatable bonds is 4. The van der Waals surface area contributed by atoms with Gasteiger partial charge in [0.15, 0.2) is 0 Å². The highest BCUT2D eigenvalue weighted by Crippen LogP contribution is 2.28. The summed E-state index contributed by atoms with van der Waals surface area (Å²) >= 11 is 0. The molecular formula is C23H24F2N8O2. The first-order valence-corrected chi connectivity index (χ1v) is 10.6. The minimum atomic E-state index is -0.994. The molecule has 0 saturated carbocycles. The Morgan fingerprint density at radius 3 is 2.43 bits per heavy atom. The number of nitrogens with one attached hydrogen (secondary N) is 3. The molecule has 10 nitrogen and oxygen atoms in total. The molecular weight excluding hydrogens is 458 g/mol. The Labute approximate surface area is 199 Å². The monoisotopic (exact) mass is 482 g/mol. The molecule has 3 aromatic heterocycles. The number of nitrogens with zero attached hydrogens (tertiary/aromatic N) is 5. The first kappa shape index (κ1) is 23.8. The van der Waals surface area contributed by atoms with Crippen LogP contribution in [0.1, 0.15) is 20.8 Å². The Bertz CT molecular complexity index is 1500. The number of carbonyl (C=O) groups is 1. The third-order valence-corrected chi connectivity index (χ3v) is 5.29. The molecule has 0 saturated heterocycles. The second-order valence-electron chi connectivity index (χ2n) is 8.88. The SMILES string of the molecule is CNc1ncc2cc(-c3cc(NC(=O)Nc4cnn(C(C)(C)C)c4)c(F)cc3F)c(=O)n(C)c2n1. The molecule has 35 heavy (non-hydrogen) atoms. The van der Waals surface area contributed by atoms with Crippen molar-refractivity contribution in [1.29, 1.82) is 0 Å². The van der Waals surface area contributed by atoms with Crippen LogP contribution in [0.3, 0.4) is 0 Å². The topological polar surface area (TPSA) is 119 Å². The number of aryl methyl sites for hydroxylation is 1. The zero-order valence-electron chi connectivity index (χ0n) is 19.8. The standard InChI is InChI=1S/C23H24F2N8O2/c1-23(2,3)33-11-13(10-28-33)29-22(35)30-18-7-14(16(24)8-17(18)25)15-6-12-9-27-21(26-4)31-19(12)32(5)20(15)34/h6-11H,1-5H3,(H,26,27,31)(H2,29,30,35). The third-order valence-electron chi connectivity index (χ3n) is 5.29. The van der Waals surface area contributed by atoms with Crippen molar-refractivity contribution >= 4 is 34.4 Å². The van der Waals surface area contributed by atoms with Crippen molar-refractivity contribution in [2.24, 2.45) is 7.05 Å². The van der Waals surface area contributed by atoms with Crippen molar-refractivity contribution in [2.75, 3.05) is 23.0 Å². The summed E-state index contributed by atoms with van der Waals surface area (Å²) in [7, 11) is 3.13. The summed E-state index contributed by atoms with van der Waals surface area (Å²) in [5.74, 6) is -1.63. The van der Waals surface area contributed by atoms with Crippen LogP contribution < -0.4 is 21.5 Å². The summed E-state index contributed by atoms with van der Waals surface area (Å²) in [6, 6.07) is 2.37. The van der Waals surface area contributed by atoms with Gasteiger partial charge in [-0.05, 0) is 32.9 Å². The van der Waals surface area contributed by atoms with E-state index in [1.807, 2.05) is 20.8 Å². The molecule has 0 fully saturated rings. The maximum Gasteiger partial charge on any atom is 0.323 e. The second-order valence-corrected chi connectivity index (χ2v) is 8.88. The summed E-state index contributed by atoms with van der Waals surface area (Å²) in [6.07, 6.45) is 4.58. The van der Waals surface area contributed by atoms with E-state index in [2.05, 4.69) is 31.0 Å². The number of hydrogen-bond acceptors (Lipinski definition) is 6. The van der Waals surface area contributed by atoms with E-state index in [1.54, 1.807) is 17.9 Å². The Balaban J connectivity index is 1.67. The van der Waals surface area contributed by atoms with Crippen LogP contribution in [0.15, 0.2) is 41.6 Å². The van der Waals surface area contributed by atoms with E-state index in [4.69, 9.17) is 0 Å². The zero-order valence-corrected chi connectivity index (χ0v) is 19.8. The lowest BCUT2D eigenvalue weighted by Gasteiger charge is -2.18. The van der Waals surface area contributed by atoms with Gasteiger partial charge in [0.1, 0.15) is 17.3 Å². The van der Waals surface area contributed by atoms with Crippen molar-refractivity contribution in [3.05, 3.63) is 58.8 Å². The molecule has 0 spiro atoms. The summed E-state index contributed by atoms with van der Waals surface area (Å²) in [5.41, 5.74) is -0.616. The lowest BCUT2D eigenvalue weighted by atomic mass is 10.0. The van der Waals surface area contributed by atoms with Gasteiger partial charge in [-0.1, -0.05) is 0 Å². The number of hydrogen-bond donors (Lipinski definition) is 3. The Hall–Kier alpha value is -4.35. The van der Waals surface area contributed by atoms with Gasteiger partial charge in [-0.25, -0.2) is 18.6 Å². The lowest BCUT2D eigenvalue weighted by molar-refractivity contribution is 0.262. The van der Waals surface area contributed by atoms with Gasteiger partial charge in [-0.2, -0.15) is 10.1 Å². The fourth-order valence-electron chi connectivity index (χ4n) is 3.45. The van der Waals surface area contributed by atoms with Crippen LogP contribution in [-0.4, -0.2) is 37.4 Å². The summed E-state index contributed by atoms with van der Waals surface area (Å²) < 4.78 is 32.2. The van der Waals surface area contributed by atoms with E-state index in [0.29, 0.717) is 28.7 Å². The Morgan fingerprint density at radius 1 is 1.03 bits per heavy atom. The van der Waals surface area contributed by atoms with Crippen molar-refractivity contribution in [1.82, 2.24) is 24.3 Å². The van der Waals surface area contributed by atoms with E-state index in [9.17, 15) is 18.4 Å². The normalized spacial score (nSPS) is 11.5. The fraction of sp³-hybridized carbons (Fsp3) is 0.261. The average Bonchev–Trinajstić information content (AvgIpc) is 3.27. The molecule has 2 amide bonds. The van der Waals surface area contributed by atoms with Gasteiger partial charge < -0.3 is 16.0 Å². The van der Waals surface area contributed by atoms with E-state index in [0.717, 1.165) is 6.07 Å². The molecule has 0 aliphatic heterocycles. The van der Waals surface area contributed by atoms with Crippen LogP contribution in [0.25, 0.3) is 22.2 Å². The van der Waals surface area contributed by atoms with Gasteiger partial charge in [0.2, 0.25) is 5.95 Å². The largest absolute Gasteiger partial charge is 0.357 e. The van der Waals surface area contributed by atoms with Crippen molar-refractivity contribution in [3.63, 3.8) is 0 Å². The molecule has 12 heteroatoms. The highest BCUT2D eigenvalue weighted by atomic mass is 19.1. The molecule has 0 aliphatic rings. The zero-order chi connectivity index (χ0) is 25.5. The van der Waals surface area contributed by atoms with Crippen LogP contribution >= 0.6 is 0 Å². The minimum Gasteiger partial charge on any atom is -0.357 e. The van der Waals surface area contributed by atoms with Gasteiger partial charge in [0, 0.05) is 43.5 Å². The number of urea groups is 1. The van der Waals surface area contributed by atoms with Gasteiger partial charge in [0.05, 0.1) is 28.7 Å². The summed E-state index contributed by atoms with van der Waals surface area (Å²) in [6.45, 7) is 5.84. The third kappa shape index (κ3) is 4.67. The maximum atomic E-state index is 14.8. The number of pyridine rings is 1. The minimum absolute atomic E-state index is 0.0341. The van der Waals surface area contributed by atoms with Crippen LogP contribution in [0.2, 0.25) is 0 Å². The predicted octanol–water partition coefficient (Wildman–Crippen LogP) is 3.91. The smallest absolute Gasteiger partial charge is 0.323 e. The molecule has 0 atom stereocenters. The molecule has 1 aromatic carbocycles. The number of benzene rings is 1. The van der Waals surface area contributed by atoms with Crippen molar-refractivity contribution < 1.29 is 13.6 Å². The number of amides is 2. The number of anilines is 3. The molecule has 3 N–H and O–H groups in total. The van der Waals surface area contributed by atoms with E-state index < -0.39 is 23.2 Å². The number of halogens is 2. The highest BCUT2D eigenvalue weighted by molar-refractivity contribution is 6.00. The first-order chi connectivity index (χ1) is 16.5. The molecule has 3 heterocycles. The Kier molecular flexibility index (Phi) is 5.97. The van der Waals surface area contributed by atoms with Crippen LogP contribution in [0.5, 0.6) is 0 Å². The van der Waals surface area contributed by atoms with Gasteiger partial charge in [0.25, 0.3) is 5.56 Å². The lowest BCUT2D eigenvalue weighted by Crippen LogP contribution is -2.23. The van der Waals surface area contributed by atoms with Crippen LogP contribution in [0, 0.1) is 11.6 Å². The molecule has 0 unspecified atom stereocenters. The van der Waals surface area contributed by atoms with Crippen LogP contribution in [0.4, 0.5) is 30.9 Å². The number of fused-ring (bicyclic) bond motifs is 1. The van der Waals surface area contributed by atoms with Gasteiger partial charge >= 0.3 is 6.03 Å². The molecule has 4 rings (SSSR count). The van der Waals surface area contributed by atoms with Crippen LogP contribution in [-0.2, 0) is 12.6 Å². The summed E-state index contributed by atoms with van der Waals surface area (Å²) in [4.78, 5) is 33.8. The molecule has 0 aliphatic carbocycles. The second kappa shape index (κ2) is 8.78. The van der Waals surface area contributed by atoms with E-state index in [-0.39, 0.29) is 22.4 Å². The average molecular weight is 482 g/mol. The van der Waals surface area contributed by atoms with E-state index in [1.165, 1.54) is 30.1 Å². The molecule has 4 aromatic rings. The van der Waals surface area contributed by atoms with E-state index >= 15 is 0 Å². The quantitative estimate of drug-likeness (QED) is 0.406. The maximum absolute atomic E-state index is 14.8. The molecule has 182 valence electrons. The molecule has 0 radical (unpaired) electrons. The summed E-state index contributed by atoms with van der Waals surface area (Å²) in [5, 5.41) is 12.4. The van der Waals surface area contributed by atoms with Crippen molar-refractivity contribution in [3.8, 4) is 11.1 Å². The molecule has 0 bridgehead atoms.